The Kier molecular flexibility index (Phi) is 3.34. The molecule has 0 fully saturated rings. The van der Waals surface area contributed by atoms with Crippen LogP contribution in [-0.4, -0.2) is 12.4 Å². The van der Waals surface area contributed by atoms with Crippen LogP contribution in [0.4, 0.5) is 13.2 Å². The number of carbonyl (C=O) groups is 1. The first kappa shape index (κ1) is 11.6. The number of benzene rings is 1. The van der Waals surface area contributed by atoms with Crippen LogP contribution in [0.1, 0.15) is 12.5 Å². The highest BCUT2D eigenvalue weighted by molar-refractivity contribution is 5.77. The molecule has 0 heterocycles. The lowest BCUT2D eigenvalue weighted by Crippen LogP contribution is -2.08. The first-order chi connectivity index (χ1) is 6.89. The zero-order valence-corrected chi connectivity index (χ0v) is 7.97. The molecule has 0 N–H and O–H groups in total. The topological polar surface area (TPSA) is 26.3 Å². The van der Waals surface area contributed by atoms with E-state index in [9.17, 15) is 18.0 Å². The molecule has 0 aromatic heterocycles. The second kappa shape index (κ2) is 4.33. The second-order valence-electron chi connectivity index (χ2n) is 3.02. The Morgan fingerprint density at radius 1 is 1.40 bits per heavy atom. The predicted molar refractivity (Wildman–Crippen MR) is 47.6 cm³/mol. The van der Waals surface area contributed by atoms with Gasteiger partial charge in [0, 0.05) is 0 Å². The number of alkyl halides is 3. The molecule has 5 heteroatoms. The molecular weight excluding hydrogens is 209 g/mol. The van der Waals surface area contributed by atoms with Crippen molar-refractivity contribution in [1.29, 1.82) is 0 Å². The van der Waals surface area contributed by atoms with E-state index in [0.717, 1.165) is 12.1 Å². The van der Waals surface area contributed by atoms with E-state index in [4.69, 9.17) is 4.74 Å². The summed E-state index contributed by atoms with van der Waals surface area (Å²) in [6.45, 7) is 1.08. The third kappa shape index (κ3) is 3.61. The summed E-state index contributed by atoms with van der Waals surface area (Å²) >= 11 is 0. The highest BCUT2D eigenvalue weighted by Crippen LogP contribution is 2.31. The average molecular weight is 218 g/mol. The van der Waals surface area contributed by atoms with E-state index in [2.05, 4.69) is 0 Å². The molecule has 0 bridgehead atoms. The lowest BCUT2D eigenvalue weighted by Gasteiger charge is -2.08. The summed E-state index contributed by atoms with van der Waals surface area (Å²) in [5, 5.41) is 0. The van der Waals surface area contributed by atoms with Gasteiger partial charge in [0.15, 0.2) is 5.78 Å². The van der Waals surface area contributed by atoms with E-state index in [1.54, 1.807) is 0 Å². The van der Waals surface area contributed by atoms with E-state index >= 15 is 0 Å². The van der Waals surface area contributed by atoms with Crippen LogP contribution in [0.15, 0.2) is 24.3 Å². The fourth-order valence-electron chi connectivity index (χ4n) is 0.947. The molecule has 0 spiro atoms. The maximum atomic E-state index is 12.2. The van der Waals surface area contributed by atoms with Crippen LogP contribution in [0.2, 0.25) is 0 Å². The second-order valence-corrected chi connectivity index (χ2v) is 3.02. The van der Waals surface area contributed by atoms with Gasteiger partial charge in [-0.2, -0.15) is 13.2 Å². The maximum Gasteiger partial charge on any atom is 0.416 e. The van der Waals surface area contributed by atoms with Crippen LogP contribution < -0.4 is 4.74 Å². The number of Topliss-reactive ketones (excluding diaryl/α,β-unsaturated/α-hetero) is 1. The molecule has 15 heavy (non-hydrogen) atoms. The SMILES string of the molecule is CC(=O)COc1cccc(C(F)(F)F)c1. The molecule has 0 aliphatic carbocycles. The van der Waals surface area contributed by atoms with Crippen molar-refractivity contribution in [3.8, 4) is 5.75 Å². The first-order valence-electron chi connectivity index (χ1n) is 4.19. The van der Waals surface area contributed by atoms with Gasteiger partial charge >= 0.3 is 6.18 Å². The number of halogens is 3. The normalized spacial score (nSPS) is 11.2. The Hall–Kier alpha value is -1.52. The quantitative estimate of drug-likeness (QED) is 0.779. The smallest absolute Gasteiger partial charge is 0.416 e. The van der Waals surface area contributed by atoms with Crippen molar-refractivity contribution in [1.82, 2.24) is 0 Å². The first-order valence-corrected chi connectivity index (χ1v) is 4.19. The van der Waals surface area contributed by atoms with E-state index in [-0.39, 0.29) is 18.1 Å². The van der Waals surface area contributed by atoms with Crippen LogP contribution in [0.5, 0.6) is 5.75 Å². The highest BCUT2D eigenvalue weighted by Gasteiger charge is 2.30. The molecule has 0 aliphatic heterocycles. The van der Waals surface area contributed by atoms with Gasteiger partial charge in [0.05, 0.1) is 5.56 Å². The van der Waals surface area contributed by atoms with Gasteiger partial charge in [0.1, 0.15) is 12.4 Å². The monoisotopic (exact) mass is 218 g/mol. The molecule has 82 valence electrons. The number of ether oxygens (including phenoxy) is 1. The Morgan fingerprint density at radius 3 is 2.60 bits per heavy atom. The molecular formula is C10H9F3O2. The molecule has 1 rings (SSSR count). The number of ketones is 1. The number of hydrogen-bond acceptors (Lipinski definition) is 2. The van der Waals surface area contributed by atoms with Crippen molar-refractivity contribution >= 4 is 5.78 Å². The Morgan fingerprint density at radius 2 is 2.07 bits per heavy atom. The van der Waals surface area contributed by atoms with Crippen LogP contribution in [0.25, 0.3) is 0 Å². The van der Waals surface area contributed by atoms with Crippen molar-refractivity contribution < 1.29 is 22.7 Å². The molecule has 0 saturated heterocycles. The van der Waals surface area contributed by atoms with E-state index in [1.165, 1.54) is 19.1 Å². The number of hydrogen-bond donors (Lipinski definition) is 0. The fraction of sp³-hybridized carbons (Fsp3) is 0.300. The minimum atomic E-state index is -4.39. The minimum absolute atomic E-state index is 0.0417. The molecule has 1 aromatic rings. The van der Waals surface area contributed by atoms with Crippen molar-refractivity contribution in [2.75, 3.05) is 6.61 Å². The molecule has 2 nitrogen and oxygen atoms in total. The number of carbonyl (C=O) groups excluding carboxylic acids is 1. The average Bonchev–Trinajstić information content (AvgIpc) is 2.14. The maximum absolute atomic E-state index is 12.2. The van der Waals surface area contributed by atoms with Crippen LogP contribution >= 0.6 is 0 Å². The van der Waals surface area contributed by atoms with Gasteiger partial charge in [-0.25, -0.2) is 0 Å². The zero-order chi connectivity index (χ0) is 11.5. The van der Waals surface area contributed by atoms with Gasteiger partial charge in [0.2, 0.25) is 0 Å². The summed E-state index contributed by atoms with van der Waals surface area (Å²) in [4.78, 5) is 10.6. The van der Waals surface area contributed by atoms with E-state index < -0.39 is 11.7 Å². The largest absolute Gasteiger partial charge is 0.486 e. The van der Waals surface area contributed by atoms with Crippen LogP contribution in [0.3, 0.4) is 0 Å². The summed E-state index contributed by atoms with van der Waals surface area (Å²) in [6, 6.07) is 4.42. The Balaban J connectivity index is 2.79. The summed E-state index contributed by atoms with van der Waals surface area (Å²) < 4.78 is 41.6. The van der Waals surface area contributed by atoms with Crippen LogP contribution in [-0.2, 0) is 11.0 Å². The third-order valence-corrected chi connectivity index (χ3v) is 1.60. The molecule has 0 aliphatic rings. The lowest BCUT2D eigenvalue weighted by atomic mass is 10.2. The lowest BCUT2D eigenvalue weighted by molar-refractivity contribution is -0.137. The molecule has 0 atom stereocenters. The van der Waals surface area contributed by atoms with Gasteiger partial charge in [-0.15, -0.1) is 0 Å². The van der Waals surface area contributed by atoms with Gasteiger partial charge < -0.3 is 4.74 Å². The molecule has 0 amide bonds. The minimum Gasteiger partial charge on any atom is -0.486 e. The Bertz CT molecular complexity index is 358. The van der Waals surface area contributed by atoms with Gasteiger partial charge in [-0.3, -0.25) is 4.79 Å². The van der Waals surface area contributed by atoms with E-state index in [0.29, 0.717) is 0 Å². The van der Waals surface area contributed by atoms with Gasteiger partial charge in [-0.1, -0.05) is 6.07 Å². The number of rotatable bonds is 3. The van der Waals surface area contributed by atoms with Crippen molar-refractivity contribution in [3.05, 3.63) is 29.8 Å². The summed E-state index contributed by atoms with van der Waals surface area (Å²) in [6.07, 6.45) is -4.39. The molecule has 0 radical (unpaired) electrons. The van der Waals surface area contributed by atoms with Gasteiger partial charge in [-0.05, 0) is 25.1 Å². The summed E-state index contributed by atoms with van der Waals surface area (Å²) in [5.41, 5.74) is -0.788. The molecule has 1 aromatic carbocycles. The van der Waals surface area contributed by atoms with Crippen molar-refractivity contribution in [3.63, 3.8) is 0 Å². The van der Waals surface area contributed by atoms with Crippen LogP contribution in [0, 0.1) is 0 Å². The Labute approximate surface area is 84.7 Å². The fourth-order valence-corrected chi connectivity index (χ4v) is 0.947. The zero-order valence-electron chi connectivity index (χ0n) is 7.97. The highest BCUT2D eigenvalue weighted by atomic mass is 19.4. The predicted octanol–water partition coefficient (Wildman–Crippen LogP) is 2.67. The molecule has 0 unspecified atom stereocenters. The standard InChI is InChI=1S/C10H9F3O2/c1-7(14)6-15-9-4-2-3-8(5-9)10(11,12)13/h2-5H,6H2,1H3. The van der Waals surface area contributed by atoms with E-state index in [1.807, 2.05) is 0 Å². The third-order valence-electron chi connectivity index (χ3n) is 1.60. The summed E-state index contributed by atoms with van der Waals surface area (Å²) in [5.74, 6) is -0.201. The summed E-state index contributed by atoms with van der Waals surface area (Å²) in [7, 11) is 0. The van der Waals surface area contributed by atoms with Crippen molar-refractivity contribution in [2.45, 2.75) is 13.1 Å². The van der Waals surface area contributed by atoms with Crippen molar-refractivity contribution in [2.24, 2.45) is 0 Å². The molecule has 0 saturated carbocycles. The van der Waals surface area contributed by atoms with Gasteiger partial charge in [0.25, 0.3) is 0 Å².